The molecule has 0 amide bonds. The summed E-state index contributed by atoms with van der Waals surface area (Å²) in [5.41, 5.74) is 3.29. The lowest BCUT2D eigenvalue weighted by molar-refractivity contribution is -0.143. The fourth-order valence-electron chi connectivity index (χ4n) is 2.53. The standard InChI is InChI=1S/C18H20O2/c1-4-18(3,17(19)20)16-12-8-7-11-15(16)14-10-6-5-9-13(14)2/h5-12H,4H2,1-3H3,(H,19,20). The van der Waals surface area contributed by atoms with Crippen molar-refractivity contribution in [3.05, 3.63) is 59.7 Å². The molecule has 1 N–H and O–H groups in total. The lowest BCUT2D eigenvalue weighted by atomic mass is 9.76. The van der Waals surface area contributed by atoms with Crippen molar-refractivity contribution in [2.45, 2.75) is 32.6 Å². The quantitative estimate of drug-likeness (QED) is 0.891. The third-order valence-corrected chi connectivity index (χ3v) is 4.14. The zero-order valence-corrected chi connectivity index (χ0v) is 12.2. The van der Waals surface area contributed by atoms with Gasteiger partial charge in [-0.3, -0.25) is 4.79 Å². The molecule has 0 saturated carbocycles. The molecule has 2 rings (SSSR count). The number of benzene rings is 2. The fraction of sp³-hybridized carbons (Fsp3) is 0.278. The minimum absolute atomic E-state index is 0.561. The molecule has 0 radical (unpaired) electrons. The molecule has 0 aliphatic carbocycles. The molecule has 0 heterocycles. The summed E-state index contributed by atoms with van der Waals surface area (Å²) in [6.45, 7) is 5.77. The maximum atomic E-state index is 11.7. The fourth-order valence-corrected chi connectivity index (χ4v) is 2.53. The average molecular weight is 268 g/mol. The predicted molar refractivity (Wildman–Crippen MR) is 81.9 cm³/mol. The summed E-state index contributed by atoms with van der Waals surface area (Å²) in [6.07, 6.45) is 0.561. The van der Waals surface area contributed by atoms with Crippen LogP contribution < -0.4 is 0 Å². The van der Waals surface area contributed by atoms with Crippen LogP contribution >= 0.6 is 0 Å². The minimum atomic E-state index is -0.862. The Kier molecular flexibility index (Phi) is 3.93. The van der Waals surface area contributed by atoms with Gasteiger partial charge in [0, 0.05) is 0 Å². The van der Waals surface area contributed by atoms with Gasteiger partial charge in [0.1, 0.15) is 0 Å². The van der Waals surface area contributed by atoms with Crippen molar-refractivity contribution in [1.29, 1.82) is 0 Å². The Labute approximate surface area is 120 Å². The predicted octanol–water partition coefficient (Wildman–Crippen LogP) is 4.41. The highest BCUT2D eigenvalue weighted by molar-refractivity contribution is 5.85. The smallest absolute Gasteiger partial charge is 0.313 e. The molecule has 2 nitrogen and oxygen atoms in total. The van der Waals surface area contributed by atoms with E-state index >= 15 is 0 Å². The molecule has 0 aliphatic rings. The molecule has 0 saturated heterocycles. The Morgan fingerprint density at radius 3 is 2.15 bits per heavy atom. The Bertz CT molecular complexity index is 631. The van der Waals surface area contributed by atoms with Crippen LogP contribution in [0.1, 0.15) is 31.4 Å². The van der Waals surface area contributed by atoms with E-state index in [4.69, 9.17) is 0 Å². The van der Waals surface area contributed by atoms with Crippen LogP contribution in [0.4, 0.5) is 0 Å². The molecule has 20 heavy (non-hydrogen) atoms. The van der Waals surface area contributed by atoms with Crippen LogP contribution in [0.3, 0.4) is 0 Å². The van der Waals surface area contributed by atoms with Crippen LogP contribution in [-0.4, -0.2) is 11.1 Å². The van der Waals surface area contributed by atoms with E-state index in [0.29, 0.717) is 6.42 Å². The normalized spacial score (nSPS) is 13.8. The number of hydrogen-bond acceptors (Lipinski definition) is 1. The Morgan fingerprint density at radius 2 is 1.60 bits per heavy atom. The van der Waals surface area contributed by atoms with E-state index in [0.717, 1.165) is 22.3 Å². The number of carboxylic acids is 1. The molecule has 1 atom stereocenters. The van der Waals surface area contributed by atoms with Gasteiger partial charge < -0.3 is 5.11 Å². The van der Waals surface area contributed by atoms with E-state index in [1.165, 1.54) is 0 Å². The first-order valence-corrected chi connectivity index (χ1v) is 6.89. The highest BCUT2D eigenvalue weighted by atomic mass is 16.4. The van der Waals surface area contributed by atoms with Crippen LogP contribution in [-0.2, 0) is 10.2 Å². The molecular formula is C18H20O2. The molecule has 0 aromatic heterocycles. The van der Waals surface area contributed by atoms with Crippen LogP contribution in [0.25, 0.3) is 11.1 Å². The summed E-state index contributed by atoms with van der Waals surface area (Å²) < 4.78 is 0. The molecule has 2 aromatic rings. The lowest BCUT2D eigenvalue weighted by Gasteiger charge is -2.27. The van der Waals surface area contributed by atoms with Crippen molar-refractivity contribution < 1.29 is 9.90 Å². The maximum Gasteiger partial charge on any atom is 0.313 e. The zero-order chi connectivity index (χ0) is 14.8. The molecular weight excluding hydrogens is 248 g/mol. The van der Waals surface area contributed by atoms with E-state index in [-0.39, 0.29) is 0 Å². The first-order valence-electron chi connectivity index (χ1n) is 6.89. The molecule has 104 valence electrons. The Balaban J connectivity index is 2.69. The first kappa shape index (κ1) is 14.3. The molecule has 2 heteroatoms. The van der Waals surface area contributed by atoms with Gasteiger partial charge in [-0.15, -0.1) is 0 Å². The number of hydrogen-bond donors (Lipinski definition) is 1. The van der Waals surface area contributed by atoms with E-state index < -0.39 is 11.4 Å². The topological polar surface area (TPSA) is 37.3 Å². The van der Waals surface area contributed by atoms with Crippen molar-refractivity contribution in [2.75, 3.05) is 0 Å². The first-order chi connectivity index (χ1) is 9.50. The van der Waals surface area contributed by atoms with E-state index in [1.54, 1.807) is 6.92 Å². The van der Waals surface area contributed by atoms with Gasteiger partial charge >= 0.3 is 5.97 Å². The molecule has 0 bridgehead atoms. The average Bonchev–Trinajstić information content (AvgIpc) is 2.47. The van der Waals surface area contributed by atoms with Gasteiger partial charge in [0.15, 0.2) is 0 Å². The number of carbonyl (C=O) groups is 1. The summed E-state index contributed by atoms with van der Waals surface area (Å²) in [4.78, 5) is 11.7. The van der Waals surface area contributed by atoms with Gasteiger partial charge in [0.2, 0.25) is 0 Å². The van der Waals surface area contributed by atoms with Crippen molar-refractivity contribution in [3.8, 4) is 11.1 Å². The lowest BCUT2D eigenvalue weighted by Crippen LogP contribution is -2.32. The van der Waals surface area contributed by atoms with Crippen molar-refractivity contribution in [2.24, 2.45) is 0 Å². The van der Waals surface area contributed by atoms with Crippen LogP contribution in [0.5, 0.6) is 0 Å². The van der Waals surface area contributed by atoms with Gasteiger partial charge in [-0.1, -0.05) is 55.5 Å². The summed E-state index contributed by atoms with van der Waals surface area (Å²) in [5, 5.41) is 9.63. The Morgan fingerprint density at radius 1 is 1.05 bits per heavy atom. The highest BCUT2D eigenvalue weighted by Gasteiger charge is 2.35. The third-order valence-electron chi connectivity index (χ3n) is 4.14. The maximum absolute atomic E-state index is 11.7. The molecule has 2 aromatic carbocycles. The SMILES string of the molecule is CCC(C)(C(=O)O)c1ccccc1-c1ccccc1C. The summed E-state index contributed by atoms with van der Waals surface area (Å²) >= 11 is 0. The second-order valence-corrected chi connectivity index (χ2v) is 5.35. The summed E-state index contributed by atoms with van der Waals surface area (Å²) in [6, 6.07) is 15.9. The Hall–Kier alpha value is -2.09. The van der Waals surface area contributed by atoms with E-state index in [2.05, 4.69) is 13.0 Å². The van der Waals surface area contributed by atoms with Crippen LogP contribution in [0.15, 0.2) is 48.5 Å². The van der Waals surface area contributed by atoms with Gasteiger partial charge in [-0.2, -0.15) is 0 Å². The second kappa shape index (κ2) is 5.49. The van der Waals surface area contributed by atoms with E-state index in [1.807, 2.05) is 49.4 Å². The number of aliphatic carboxylic acids is 1. The number of aryl methyl sites for hydroxylation is 1. The van der Waals surface area contributed by atoms with Gasteiger partial charge in [-0.25, -0.2) is 0 Å². The highest BCUT2D eigenvalue weighted by Crippen LogP contribution is 2.36. The van der Waals surface area contributed by atoms with Gasteiger partial charge in [0.05, 0.1) is 5.41 Å². The minimum Gasteiger partial charge on any atom is -0.481 e. The van der Waals surface area contributed by atoms with Gasteiger partial charge in [0.25, 0.3) is 0 Å². The molecule has 0 aliphatic heterocycles. The third kappa shape index (κ3) is 2.34. The van der Waals surface area contributed by atoms with Crippen molar-refractivity contribution in [1.82, 2.24) is 0 Å². The summed E-state index contributed by atoms with van der Waals surface area (Å²) in [5.74, 6) is -0.777. The molecule has 1 unspecified atom stereocenters. The van der Waals surface area contributed by atoms with Crippen LogP contribution in [0.2, 0.25) is 0 Å². The largest absolute Gasteiger partial charge is 0.481 e. The number of rotatable bonds is 4. The van der Waals surface area contributed by atoms with Crippen LogP contribution in [0, 0.1) is 6.92 Å². The van der Waals surface area contributed by atoms with E-state index in [9.17, 15) is 9.90 Å². The summed E-state index contributed by atoms with van der Waals surface area (Å²) in [7, 11) is 0. The number of carboxylic acid groups (broad SMARTS) is 1. The van der Waals surface area contributed by atoms with Gasteiger partial charge in [-0.05, 0) is 42.5 Å². The van der Waals surface area contributed by atoms with Crippen molar-refractivity contribution >= 4 is 5.97 Å². The zero-order valence-electron chi connectivity index (χ0n) is 12.2. The molecule has 0 fully saturated rings. The monoisotopic (exact) mass is 268 g/mol. The second-order valence-electron chi connectivity index (χ2n) is 5.35. The van der Waals surface area contributed by atoms with Crippen molar-refractivity contribution in [3.63, 3.8) is 0 Å². The molecule has 0 spiro atoms.